The van der Waals surface area contributed by atoms with Gasteiger partial charge in [-0.05, 0) is 19.3 Å². The Morgan fingerprint density at radius 1 is 1.29 bits per heavy atom. The minimum absolute atomic E-state index is 0.424. The Morgan fingerprint density at radius 2 is 2.00 bits per heavy atom. The Morgan fingerprint density at radius 3 is 2.57 bits per heavy atom. The van der Waals surface area contributed by atoms with Crippen molar-refractivity contribution >= 4 is 5.78 Å². The summed E-state index contributed by atoms with van der Waals surface area (Å²) in [4.78, 5) is 13.6. The maximum Gasteiger partial charge on any atom is 0.133 e. The van der Waals surface area contributed by atoms with Crippen LogP contribution in [0.5, 0.6) is 0 Å². The predicted octanol–water partition coefficient (Wildman–Crippen LogP) is 1.22. The molecule has 0 N–H and O–H groups in total. The van der Waals surface area contributed by atoms with Crippen LogP contribution in [-0.2, 0) is 9.53 Å². The number of methoxy groups -OCH3 is 1. The molecule has 1 heterocycles. The molecule has 1 saturated carbocycles. The Hall–Kier alpha value is -0.410. The van der Waals surface area contributed by atoms with E-state index in [1.54, 1.807) is 7.11 Å². The highest BCUT2D eigenvalue weighted by Gasteiger charge is 2.30. The summed E-state index contributed by atoms with van der Waals surface area (Å²) in [5, 5.41) is 0. The molecule has 3 heteroatoms. The van der Waals surface area contributed by atoms with Gasteiger partial charge in [0, 0.05) is 39.1 Å². The van der Waals surface area contributed by atoms with Gasteiger partial charge < -0.3 is 4.74 Å². The van der Waals surface area contributed by atoms with E-state index in [4.69, 9.17) is 4.74 Å². The Kier molecular flexibility index (Phi) is 3.19. The SMILES string of the molecule is COC1CCN(C2CCC(=O)CC2)C1. The molecular weight excluding hydrogens is 178 g/mol. The molecule has 0 radical (unpaired) electrons. The van der Waals surface area contributed by atoms with Crippen molar-refractivity contribution < 1.29 is 9.53 Å². The number of Topliss-reactive ketones (excluding diaryl/α,β-unsaturated/α-hetero) is 1. The van der Waals surface area contributed by atoms with Crippen LogP contribution in [0.2, 0.25) is 0 Å². The minimum Gasteiger partial charge on any atom is -0.380 e. The number of carbonyl (C=O) groups excluding carboxylic acids is 1. The standard InChI is InChI=1S/C11H19NO2/c1-14-11-6-7-12(8-11)9-2-4-10(13)5-3-9/h9,11H,2-8H2,1H3. The van der Waals surface area contributed by atoms with Gasteiger partial charge in [-0.2, -0.15) is 0 Å². The Labute approximate surface area is 85.4 Å². The Bertz CT molecular complexity index is 207. The predicted molar refractivity (Wildman–Crippen MR) is 54.3 cm³/mol. The number of hydrogen-bond donors (Lipinski definition) is 0. The van der Waals surface area contributed by atoms with Gasteiger partial charge in [0.2, 0.25) is 0 Å². The normalized spacial score (nSPS) is 31.2. The van der Waals surface area contributed by atoms with E-state index in [9.17, 15) is 4.79 Å². The zero-order chi connectivity index (χ0) is 9.97. The van der Waals surface area contributed by atoms with E-state index in [0.717, 1.165) is 45.2 Å². The first-order chi connectivity index (χ1) is 6.79. The second kappa shape index (κ2) is 4.41. The summed E-state index contributed by atoms with van der Waals surface area (Å²) in [7, 11) is 1.79. The van der Waals surface area contributed by atoms with Crippen LogP contribution in [-0.4, -0.2) is 43.0 Å². The molecule has 2 aliphatic rings. The van der Waals surface area contributed by atoms with E-state index in [1.165, 1.54) is 0 Å². The van der Waals surface area contributed by atoms with Crippen molar-refractivity contribution in [2.45, 2.75) is 44.2 Å². The first-order valence-corrected chi connectivity index (χ1v) is 5.58. The molecule has 0 amide bonds. The fraction of sp³-hybridized carbons (Fsp3) is 0.909. The summed E-state index contributed by atoms with van der Waals surface area (Å²) < 4.78 is 5.34. The van der Waals surface area contributed by atoms with Crippen molar-refractivity contribution in [1.29, 1.82) is 0 Å². The lowest BCUT2D eigenvalue weighted by molar-refractivity contribution is -0.121. The zero-order valence-corrected chi connectivity index (χ0v) is 8.87. The minimum atomic E-state index is 0.424. The van der Waals surface area contributed by atoms with Crippen molar-refractivity contribution in [2.24, 2.45) is 0 Å². The Balaban J connectivity index is 1.82. The number of likely N-dealkylation sites (tertiary alicyclic amines) is 1. The molecule has 2 rings (SSSR count). The van der Waals surface area contributed by atoms with E-state index in [2.05, 4.69) is 4.90 Å². The van der Waals surface area contributed by atoms with Crippen molar-refractivity contribution in [2.75, 3.05) is 20.2 Å². The van der Waals surface area contributed by atoms with Gasteiger partial charge in [-0.1, -0.05) is 0 Å². The third-order valence-corrected chi connectivity index (χ3v) is 3.54. The quantitative estimate of drug-likeness (QED) is 0.666. The van der Waals surface area contributed by atoms with E-state index < -0.39 is 0 Å². The fourth-order valence-electron chi connectivity index (χ4n) is 2.57. The fourth-order valence-corrected chi connectivity index (χ4v) is 2.57. The molecular formula is C11H19NO2. The van der Waals surface area contributed by atoms with Gasteiger partial charge in [-0.25, -0.2) is 0 Å². The van der Waals surface area contributed by atoms with Crippen molar-refractivity contribution in [1.82, 2.24) is 4.90 Å². The number of rotatable bonds is 2. The molecule has 0 bridgehead atoms. The molecule has 0 spiro atoms. The number of ether oxygens (including phenoxy) is 1. The van der Waals surface area contributed by atoms with E-state index in [0.29, 0.717) is 17.9 Å². The van der Waals surface area contributed by atoms with Crippen LogP contribution in [0.25, 0.3) is 0 Å². The maximum absolute atomic E-state index is 11.1. The summed E-state index contributed by atoms with van der Waals surface area (Å²) in [6.07, 6.45) is 5.29. The topological polar surface area (TPSA) is 29.5 Å². The van der Waals surface area contributed by atoms with Gasteiger partial charge in [-0.15, -0.1) is 0 Å². The average molecular weight is 197 g/mol. The number of ketones is 1. The number of carbonyl (C=O) groups is 1. The average Bonchev–Trinajstić information content (AvgIpc) is 2.67. The third kappa shape index (κ3) is 2.15. The van der Waals surface area contributed by atoms with Crippen molar-refractivity contribution in [3.63, 3.8) is 0 Å². The molecule has 1 saturated heterocycles. The van der Waals surface area contributed by atoms with Gasteiger partial charge in [0.15, 0.2) is 0 Å². The van der Waals surface area contributed by atoms with Crippen molar-refractivity contribution in [3.8, 4) is 0 Å². The van der Waals surface area contributed by atoms with Gasteiger partial charge in [-0.3, -0.25) is 9.69 Å². The molecule has 1 aliphatic carbocycles. The molecule has 0 aromatic rings. The van der Waals surface area contributed by atoms with Crippen LogP contribution < -0.4 is 0 Å². The summed E-state index contributed by atoms with van der Waals surface area (Å²) in [6.45, 7) is 2.22. The van der Waals surface area contributed by atoms with Gasteiger partial charge in [0.25, 0.3) is 0 Å². The maximum atomic E-state index is 11.1. The number of hydrogen-bond acceptors (Lipinski definition) is 3. The van der Waals surface area contributed by atoms with Crippen LogP contribution in [0, 0.1) is 0 Å². The molecule has 1 atom stereocenters. The lowest BCUT2D eigenvalue weighted by Gasteiger charge is -2.30. The molecule has 0 aromatic heterocycles. The van der Waals surface area contributed by atoms with Gasteiger partial charge in [0.1, 0.15) is 5.78 Å². The largest absolute Gasteiger partial charge is 0.380 e. The highest BCUT2D eigenvalue weighted by molar-refractivity contribution is 5.79. The molecule has 3 nitrogen and oxygen atoms in total. The van der Waals surface area contributed by atoms with Gasteiger partial charge >= 0.3 is 0 Å². The molecule has 1 unspecified atom stereocenters. The second-order valence-electron chi connectivity index (χ2n) is 4.41. The van der Waals surface area contributed by atoms with Gasteiger partial charge in [0.05, 0.1) is 6.10 Å². The first kappa shape index (κ1) is 10.1. The smallest absolute Gasteiger partial charge is 0.133 e. The molecule has 80 valence electrons. The number of nitrogens with zero attached hydrogens (tertiary/aromatic N) is 1. The van der Waals surface area contributed by atoms with Crippen LogP contribution in [0.15, 0.2) is 0 Å². The van der Waals surface area contributed by atoms with Crippen LogP contribution in [0.4, 0.5) is 0 Å². The van der Waals surface area contributed by atoms with E-state index >= 15 is 0 Å². The van der Waals surface area contributed by atoms with Crippen molar-refractivity contribution in [3.05, 3.63) is 0 Å². The molecule has 14 heavy (non-hydrogen) atoms. The highest BCUT2D eigenvalue weighted by Crippen LogP contribution is 2.24. The summed E-state index contributed by atoms with van der Waals surface area (Å²) in [5.74, 6) is 0.448. The molecule has 1 aliphatic heterocycles. The van der Waals surface area contributed by atoms with Crippen LogP contribution in [0.1, 0.15) is 32.1 Å². The monoisotopic (exact) mass is 197 g/mol. The highest BCUT2D eigenvalue weighted by atomic mass is 16.5. The summed E-state index contributed by atoms with van der Waals surface area (Å²) in [5.41, 5.74) is 0. The third-order valence-electron chi connectivity index (χ3n) is 3.54. The molecule has 0 aromatic carbocycles. The second-order valence-corrected chi connectivity index (χ2v) is 4.41. The summed E-state index contributed by atoms with van der Waals surface area (Å²) in [6, 6.07) is 0.646. The van der Waals surface area contributed by atoms with E-state index in [1.807, 2.05) is 0 Å². The van der Waals surface area contributed by atoms with Crippen LogP contribution in [0.3, 0.4) is 0 Å². The lowest BCUT2D eigenvalue weighted by atomic mass is 9.93. The van der Waals surface area contributed by atoms with Crippen LogP contribution >= 0.6 is 0 Å². The van der Waals surface area contributed by atoms with E-state index in [-0.39, 0.29) is 0 Å². The first-order valence-electron chi connectivity index (χ1n) is 5.58. The lowest BCUT2D eigenvalue weighted by Crippen LogP contribution is -2.37. The summed E-state index contributed by atoms with van der Waals surface area (Å²) >= 11 is 0. The zero-order valence-electron chi connectivity index (χ0n) is 8.87. The molecule has 2 fully saturated rings.